The van der Waals surface area contributed by atoms with Gasteiger partial charge in [-0.05, 0) is 31.4 Å². The highest BCUT2D eigenvalue weighted by molar-refractivity contribution is 5.78. The number of amides is 1. The Morgan fingerprint density at radius 2 is 2.07 bits per heavy atom. The molecule has 1 aromatic carbocycles. The maximum atomic E-state index is 12.5. The van der Waals surface area contributed by atoms with Gasteiger partial charge in [-0.1, -0.05) is 25.1 Å². The summed E-state index contributed by atoms with van der Waals surface area (Å²) < 4.78 is 5.40. The first-order chi connectivity index (χ1) is 14.0. The smallest absolute Gasteiger partial charge is 0.311 e. The standard InChI is InChI=1S/C20H26N6O3/c1-3-17(27)26-10-6-8-14(11-26)18(28)29-12-16-23-19(21)25-20(24-16)22-15-9-5-4-7-13(15)2/h4-5,7,9,14H,3,6,8,10-12H2,1-2H3,(H3,21,22,23,24,25)/t14-/m0/s1. The molecule has 0 saturated carbocycles. The van der Waals surface area contributed by atoms with E-state index in [0.29, 0.717) is 25.9 Å². The molecular weight excluding hydrogens is 372 g/mol. The summed E-state index contributed by atoms with van der Waals surface area (Å²) in [4.78, 5) is 38.5. The lowest BCUT2D eigenvalue weighted by atomic mass is 9.98. The van der Waals surface area contributed by atoms with Crippen molar-refractivity contribution in [2.75, 3.05) is 24.1 Å². The molecular formula is C20H26N6O3. The predicted octanol–water partition coefficient (Wildman–Crippen LogP) is 2.20. The molecule has 2 aromatic rings. The summed E-state index contributed by atoms with van der Waals surface area (Å²) in [5, 5.41) is 3.10. The van der Waals surface area contributed by atoms with Gasteiger partial charge in [0.05, 0.1) is 5.92 Å². The van der Waals surface area contributed by atoms with Gasteiger partial charge in [0.15, 0.2) is 12.4 Å². The van der Waals surface area contributed by atoms with Crippen LogP contribution in [0.5, 0.6) is 0 Å². The van der Waals surface area contributed by atoms with E-state index in [2.05, 4.69) is 20.3 Å². The van der Waals surface area contributed by atoms with Crippen LogP contribution in [0.15, 0.2) is 24.3 Å². The summed E-state index contributed by atoms with van der Waals surface area (Å²) in [6.45, 7) is 4.76. The number of esters is 1. The van der Waals surface area contributed by atoms with Crippen molar-refractivity contribution in [1.29, 1.82) is 0 Å². The Hall–Kier alpha value is -3.23. The van der Waals surface area contributed by atoms with E-state index in [1.165, 1.54) is 0 Å². The number of para-hydroxylation sites is 1. The van der Waals surface area contributed by atoms with Gasteiger partial charge >= 0.3 is 5.97 Å². The molecule has 9 nitrogen and oxygen atoms in total. The Bertz CT molecular complexity index is 888. The Morgan fingerprint density at radius 1 is 1.28 bits per heavy atom. The molecule has 3 rings (SSSR count). The maximum absolute atomic E-state index is 12.5. The second kappa shape index (κ2) is 9.31. The lowest BCUT2D eigenvalue weighted by Gasteiger charge is -2.31. The third-order valence-corrected chi connectivity index (χ3v) is 4.84. The maximum Gasteiger partial charge on any atom is 0.311 e. The topological polar surface area (TPSA) is 123 Å². The molecule has 1 atom stereocenters. The van der Waals surface area contributed by atoms with Crippen molar-refractivity contribution < 1.29 is 14.3 Å². The van der Waals surface area contributed by atoms with Crippen LogP contribution in [0.1, 0.15) is 37.6 Å². The second-order valence-corrected chi connectivity index (χ2v) is 7.01. The highest BCUT2D eigenvalue weighted by Crippen LogP contribution is 2.20. The van der Waals surface area contributed by atoms with Crippen molar-refractivity contribution in [3.63, 3.8) is 0 Å². The number of ether oxygens (including phenoxy) is 1. The monoisotopic (exact) mass is 398 g/mol. The molecule has 0 radical (unpaired) electrons. The lowest BCUT2D eigenvalue weighted by molar-refractivity contribution is -0.153. The lowest BCUT2D eigenvalue weighted by Crippen LogP contribution is -2.42. The number of carbonyl (C=O) groups excluding carboxylic acids is 2. The van der Waals surface area contributed by atoms with Gasteiger partial charge in [0.1, 0.15) is 0 Å². The summed E-state index contributed by atoms with van der Waals surface area (Å²) in [6, 6.07) is 7.71. The van der Waals surface area contributed by atoms with Gasteiger partial charge in [-0.3, -0.25) is 9.59 Å². The van der Waals surface area contributed by atoms with E-state index in [9.17, 15) is 9.59 Å². The van der Waals surface area contributed by atoms with E-state index in [1.807, 2.05) is 38.1 Å². The number of benzene rings is 1. The van der Waals surface area contributed by atoms with Crippen LogP contribution in [0.4, 0.5) is 17.6 Å². The van der Waals surface area contributed by atoms with Crippen LogP contribution in [0.3, 0.4) is 0 Å². The van der Waals surface area contributed by atoms with Crippen LogP contribution >= 0.6 is 0 Å². The zero-order chi connectivity index (χ0) is 20.8. The molecule has 1 aromatic heterocycles. The first kappa shape index (κ1) is 20.5. The molecule has 1 aliphatic heterocycles. The summed E-state index contributed by atoms with van der Waals surface area (Å²) in [5.74, 6) is -0.0392. The second-order valence-electron chi connectivity index (χ2n) is 7.01. The molecule has 29 heavy (non-hydrogen) atoms. The quantitative estimate of drug-likeness (QED) is 0.710. The molecule has 1 fully saturated rings. The average molecular weight is 398 g/mol. The number of likely N-dealkylation sites (tertiary alicyclic amines) is 1. The van der Waals surface area contributed by atoms with E-state index in [0.717, 1.165) is 17.7 Å². The van der Waals surface area contributed by atoms with Crippen LogP contribution in [-0.2, 0) is 20.9 Å². The normalized spacial score (nSPS) is 16.3. The summed E-state index contributed by atoms with van der Waals surface area (Å²) in [7, 11) is 0. The summed E-state index contributed by atoms with van der Waals surface area (Å²) >= 11 is 0. The van der Waals surface area contributed by atoms with Gasteiger partial charge in [-0.25, -0.2) is 0 Å². The first-order valence-corrected chi connectivity index (χ1v) is 9.73. The number of nitrogen functional groups attached to an aromatic ring is 1. The van der Waals surface area contributed by atoms with Crippen molar-refractivity contribution in [1.82, 2.24) is 19.9 Å². The predicted molar refractivity (Wildman–Crippen MR) is 108 cm³/mol. The number of aryl methyl sites for hydroxylation is 1. The number of rotatable bonds is 6. The zero-order valence-corrected chi connectivity index (χ0v) is 16.7. The van der Waals surface area contributed by atoms with Crippen molar-refractivity contribution in [2.24, 2.45) is 5.92 Å². The number of hydrogen-bond acceptors (Lipinski definition) is 8. The van der Waals surface area contributed by atoms with Crippen LogP contribution < -0.4 is 11.1 Å². The Balaban J connectivity index is 1.61. The Labute approximate surface area is 169 Å². The number of anilines is 3. The summed E-state index contributed by atoms with van der Waals surface area (Å²) in [6.07, 6.45) is 1.92. The largest absolute Gasteiger partial charge is 0.457 e. The van der Waals surface area contributed by atoms with Gasteiger partial charge in [0.2, 0.25) is 17.8 Å². The van der Waals surface area contributed by atoms with Crippen molar-refractivity contribution >= 4 is 29.5 Å². The molecule has 1 aliphatic rings. The van der Waals surface area contributed by atoms with Gasteiger partial charge < -0.3 is 20.7 Å². The number of hydrogen-bond donors (Lipinski definition) is 2. The SMILES string of the molecule is CCC(=O)N1CCC[C@H](C(=O)OCc2nc(N)nc(Nc3ccccc3C)n2)C1. The van der Waals surface area contributed by atoms with Crippen LogP contribution in [0.2, 0.25) is 0 Å². The number of nitrogens with two attached hydrogens (primary N) is 1. The average Bonchev–Trinajstić information content (AvgIpc) is 2.73. The van der Waals surface area contributed by atoms with Crippen LogP contribution in [0.25, 0.3) is 0 Å². The number of carbonyl (C=O) groups is 2. The molecule has 0 aliphatic carbocycles. The van der Waals surface area contributed by atoms with E-state index in [-0.39, 0.29) is 42.1 Å². The Kier molecular flexibility index (Phi) is 6.58. The minimum absolute atomic E-state index is 0.0412. The first-order valence-electron chi connectivity index (χ1n) is 9.73. The van der Waals surface area contributed by atoms with Gasteiger partial charge in [-0.2, -0.15) is 15.0 Å². The Morgan fingerprint density at radius 3 is 2.83 bits per heavy atom. The van der Waals surface area contributed by atoms with Crippen LogP contribution in [0, 0.1) is 12.8 Å². The molecule has 2 heterocycles. The van der Waals surface area contributed by atoms with Crippen molar-refractivity contribution in [3.8, 4) is 0 Å². The van der Waals surface area contributed by atoms with Crippen molar-refractivity contribution in [3.05, 3.63) is 35.7 Å². The molecule has 3 N–H and O–H groups in total. The van der Waals surface area contributed by atoms with E-state index >= 15 is 0 Å². The number of nitrogens with one attached hydrogen (secondary N) is 1. The third-order valence-electron chi connectivity index (χ3n) is 4.84. The third kappa shape index (κ3) is 5.40. The number of nitrogens with zero attached hydrogens (tertiary/aromatic N) is 4. The number of aromatic nitrogens is 3. The molecule has 0 spiro atoms. The fourth-order valence-corrected chi connectivity index (χ4v) is 3.27. The fraction of sp³-hybridized carbons (Fsp3) is 0.450. The summed E-state index contributed by atoms with van der Waals surface area (Å²) in [5.41, 5.74) is 7.66. The zero-order valence-electron chi connectivity index (χ0n) is 16.7. The van der Waals surface area contributed by atoms with E-state index in [4.69, 9.17) is 10.5 Å². The van der Waals surface area contributed by atoms with Gasteiger partial charge in [0.25, 0.3) is 0 Å². The minimum atomic E-state index is -0.356. The van der Waals surface area contributed by atoms with Gasteiger partial charge in [-0.15, -0.1) is 0 Å². The highest BCUT2D eigenvalue weighted by Gasteiger charge is 2.29. The highest BCUT2D eigenvalue weighted by atomic mass is 16.5. The molecule has 0 bridgehead atoms. The molecule has 1 amide bonds. The van der Waals surface area contributed by atoms with E-state index < -0.39 is 0 Å². The van der Waals surface area contributed by atoms with Crippen molar-refractivity contribution in [2.45, 2.75) is 39.7 Å². The fourth-order valence-electron chi connectivity index (χ4n) is 3.27. The molecule has 0 unspecified atom stereocenters. The molecule has 1 saturated heterocycles. The van der Waals surface area contributed by atoms with Gasteiger partial charge in [0, 0.05) is 25.2 Å². The molecule has 154 valence electrons. The minimum Gasteiger partial charge on any atom is -0.457 e. The van der Waals surface area contributed by atoms with E-state index in [1.54, 1.807) is 4.90 Å². The number of piperidine rings is 1. The van der Waals surface area contributed by atoms with Crippen LogP contribution in [-0.4, -0.2) is 44.8 Å². The molecule has 9 heteroatoms.